The van der Waals surface area contributed by atoms with Gasteiger partial charge in [-0.25, -0.2) is 8.42 Å². The summed E-state index contributed by atoms with van der Waals surface area (Å²) in [6, 6.07) is 6.06. The zero-order chi connectivity index (χ0) is 29.7. The fourth-order valence-corrected chi connectivity index (χ4v) is 6.47. The number of alkyl halides is 3. The summed E-state index contributed by atoms with van der Waals surface area (Å²) in [4.78, 5) is 26.7. The van der Waals surface area contributed by atoms with Gasteiger partial charge in [0.05, 0.1) is 16.2 Å². The number of halogens is 5. The molecule has 1 aliphatic rings. The molecular formula is C26H31BrClF3N4O4S. The Morgan fingerprint density at radius 1 is 1.23 bits per heavy atom. The van der Waals surface area contributed by atoms with E-state index in [1.165, 1.54) is 31.2 Å². The van der Waals surface area contributed by atoms with Crippen molar-refractivity contribution < 1.29 is 31.2 Å². The third-order valence-electron chi connectivity index (χ3n) is 6.56. The molecule has 1 saturated heterocycles. The lowest BCUT2D eigenvalue weighted by Gasteiger charge is -2.34. The molecule has 0 bridgehead atoms. The molecule has 40 heavy (non-hydrogen) atoms. The van der Waals surface area contributed by atoms with E-state index in [1.807, 2.05) is 4.90 Å². The number of benzene rings is 2. The molecule has 0 aliphatic carbocycles. The summed E-state index contributed by atoms with van der Waals surface area (Å²) in [6.07, 6.45) is -3.15. The van der Waals surface area contributed by atoms with E-state index in [1.54, 1.807) is 0 Å². The van der Waals surface area contributed by atoms with E-state index in [4.69, 9.17) is 17.3 Å². The molecule has 0 unspecified atom stereocenters. The molecule has 1 aliphatic heterocycles. The Kier molecular flexibility index (Phi) is 11.0. The minimum Gasteiger partial charge on any atom is -0.352 e. The second-order valence-corrected chi connectivity index (χ2v) is 13.0. The highest BCUT2D eigenvalue weighted by atomic mass is 79.9. The van der Waals surface area contributed by atoms with Crippen LogP contribution in [0.25, 0.3) is 0 Å². The Labute approximate surface area is 244 Å². The van der Waals surface area contributed by atoms with Crippen LogP contribution in [0.15, 0.2) is 39.7 Å². The number of nitrogens with one attached hydrogen (secondary N) is 2. The SMILES string of the molecule is CCS(=O)(=O)c1ccc(Cl)cc1CNC(=O)c1cc(Br)c(CN2CCC[C@H](NC(=O)CCN)C2)c(C(F)(F)F)c1. The van der Waals surface area contributed by atoms with Gasteiger partial charge in [0.2, 0.25) is 5.91 Å². The maximum absolute atomic E-state index is 14.2. The molecule has 1 fully saturated rings. The topological polar surface area (TPSA) is 122 Å². The molecule has 2 amide bonds. The first-order valence-electron chi connectivity index (χ1n) is 12.7. The van der Waals surface area contributed by atoms with Crippen molar-refractivity contribution in [3.8, 4) is 0 Å². The summed E-state index contributed by atoms with van der Waals surface area (Å²) in [5, 5.41) is 5.64. The Morgan fingerprint density at radius 2 is 1.95 bits per heavy atom. The Balaban J connectivity index is 1.82. The molecule has 0 saturated carbocycles. The Bertz CT molecular complexity index is 1360. The molecule has 0 aromatic heterocycles. The van der Waals surface area contributed by atoms with Crippen LogP contribution in [0.4, 0.5) is 13.2 Å². The number of piperidine rings is 1. The van der Waals surface area contributed by atoms with Gasteiger partial charge in [-0.3, -0.25) is 14.5 Å². The lowest BCUT2D eigenvalue weighted by molar-refractivity contribution is -0.138. The van der Waals surface area contributed by atoms with Crippen LogP contribution in [0.5, 0.6) is 0 Å². The number of hydrogen-bond donors (Lipinski definition) is 3. The summed E-state index contributed by atoms with van der Waals surface area (Å²) < 4.78 is 67.4. The van der Waals surface area contributed by atoms with Crippen LogP contribution in [0.3, 0.4) is 0 Å². The summed E-state index contributed by atoms with van der Waals surface area (Å²) >= 11 is 9.24. The number of carbonyl (C=O) groups excluding carboxylic acids is 2. The van der Waals surface area contributed by atoms with Gasteiger partial charge in [-0.05, 0) is 60.8 Å². The van der Waals surface area contributed by atoms with Gasteiger partial charge in [0, 0.05) is 53.7 Å². The first kappa shape index (κ1) is 32.3. The lowest BCUT2D eigenvalue weighted by atomic mass is 10.00. The first-order chi connectivity index (χ1) is 18.7. The minimum absolute atomic E-state index is 0.00809. The number of likely N-dealkylation sites (tertiary alicyclic amines) is 1. The molecular weight excluding hydrogens is 637 g/mol. The predicted molar refractivity (Wildman–Crippen MR) is 150 cm³/mol. The van der Waals surface area contributed by atoms with Crippen LogP contribution in [-0.2, 0) is 33.9 Å². The van der Waals surface area contributed by atoms with Crippen molar-refractivity contribution in [1.82, 2.24) is 15.5 Å². The van der Waals surface area contributed by atoms with Gasteiger partial charge in [0.1, 0.15) is 0 Å². The molecule has 1 heterocycles. The van der Waals surface area contributed by atoms with E-state index < -0.39 is 27.5 Å². The maximum Gasteiger partial charge on any atom is 0.416 e. The van der Waals surface area contributed by atoms with E-state index in [-0.39, 0.29) is 74.8 Å². The summed E-state index contributed by atoms with van der Waals surface area (Å²) in [5.74, 6) is -1.17. The zero-order valence-corrected chi connectivity index (χ0v) is 24.9. The van der Waals surface area contributed by atoms with Gasteiger partial charge in [-0.2, -0.15) is 13.2 Å². The van der Waals surface area contributed by atoms with Crippen molar-refractivity contribution in [2.75, 3.05) is 25.4 Å². The fraction of sp³-hybridized carbons (Fsp3) is 0.462. The second kappa shape index (κ2) is 13.6. The van der Waals surface area contributed by atoms with Crippen molar-refractivity contribution in [3.63, 3.8) is 0 Å². The second-order valence-electron chi connectivity index (χ2n) is 9.50. The van der Waals surface area contributed by atoms with Crippen molar-refractivity contribution in [3.05, 3.63) is 62.1 Å². The monoisotopic (exact) mass is 666 g/mol. The smallest absolute Gasteiger partial charge is 0.352 e. The fourth-order valence-electron chi connectivity index (χ4n) is 4.58. The van der Waals surface area contributed by atoms with E-state index in [0.29, 0.717) is 25.9 Å². The molecule has 14 heteroatoms. The highest BCUT2D eigenvalue weighted by Crippen LogP contribution is 2.37. The van der Waals surface area contributed by atoms with Gasteiger partial charge < -0.3 is 16.4 Å². The molecule has 4 N–H and O–H groups in total. The minimum atomic E-state index is -4.74. The van der Waals surface area contributed by atoms with Crippen molar-refractivity contribution in [2.45, 2.75) is 56.4 Å². The van der Waals surface area contributed by atoms with Crippen LogP contribution < -0.4 is 16.4 Å². The standard InChI is InChI=1S/C26H31BrClF3N4O4S/c1-2-40(38,39)23-6-5-18(28)10-17(23)13-33-25(37)16-11-21(26(29,30)31)20(22(27)12-16)15-35-9-3-4-19(14-35)34-24(36)7-8-32/h5-6,10-12,19H,2-4,7-9,13-15,32H2,1H3,(H,33,37)(H,34,36)/t19-/m0/s1. The average Bonchev–Trinajstić information content (AvgIpc) is 2.87. The highest BCUT2D eigenvalue weighted by Gasteiger charge is 2.36. The Hall–Kier alpha value is -2.19. The van der Waals surface area contributed by atoms with Gasteiger partial charge in [-0.1, -0.05) is 34.5 Å². The molecule has 0 spiro atoms. The first-order valence-corrected chi connectivity index (χ1v) is 15.5. The quantitative estimate of drug-likeness (QED) is 0.348. The normalized spacial score (nSPS) is 16.5. The third kappa shape index (κ3) is 8.41. The van der Waals surface area contributed by atoms with Gasteiger partial charge in [-0.15, -0.1) is 0 Å². The number of hydrogen-bond acceptors (Lipinski definition) is 6. The molecule has 2 aromatic rings. The number of rotatable bonds is 10. The van der Waals surface area contributed by atoms with Gasteiger partial charge in [0.25, 0.3) is 5.91 Å². The van der Waals surface area contributed by atoms with Crippen molar-refractivity contribution in [2.24, 2.45) is 5.73 Å². The van der Waals surface area contributed by atoms with Gasteiger partial charge >= 0.3 is 6.18 Å². The van der Waals surface area contributed by atoms with Crippen molar-refractivity contribution in [1.29, 1.82) is 0 Å². The van der Waals surface area contributed by atoms with Gasteiger partial charge in [0.15, 0.2) is 9.84 Å². The largest absolute Gasteiger partial charge is 0.416 e. The number of nitrogens with two attached hydrogens (primary N) is 1. The molecule has 1 atom stereocenters. The Morgan fingerprint density at radius 3 is 2.60 bits per heavy atom. The number of sulfone groups is 1. The maximum atomic E-state index is 14.2. The van der Waals surface area contributed by atoms with Crippen LogP contribution in [-0.4, -0.2) is 56.6 Å². The van der Waals surface area contributed by atoms with E-state index >= 15 is 0 Å². The predicted octanol–water partition coefficient (Wildman–Crippen LogP) is 4.27. The summed E-state index contributed by atoms with van der Waals surface area (Å²) in [5.41, 5.74) is 4.42. The number of carbonyl (C=O) groups is 2. The van der Waals surface area contributed by atoms with Crippen LogP contribution >= 0.6 is 27.5 Å². The number of nitrogens with zero attached hydrogens (tertiary/aromatic N) is 1. The van der Waals surface area contributed by atoms with E-state index in [0.717, 1.165) is 6.07 Å². The highest BCUT2D eigenvalue weighted by molar-refractivity contribution is 9.10. The number of amides is 2. The molecule has 8 nitrogen and oxygen atoms in total. The summed E-state index contributed by atoms with van der Waals surface area (Å²) in [7, 11) is -3.62. The summed E-state index contributed by atoms with van der Waals surface area (Å²) in [6.45, 7) is 2.33. The molecule has 220 valence electrons. The third-order valence-corrected chi connectivity index (χ3v) is 9.33. The van der Waals surface area contributed by atoms with E-state index in [9.17, 15) is 31.2 Å². The zero-order valence-electron chi connectivity index (χ0n) is 21.8. The molecule has 0 radical (unpaired) electrons. The average molecular weight is 668 g/mol. The van der Waals surface area contributed by atoms with Crippen LogP contribution in [0.2, 0.25) is 5.02 Å². The van der Waals surface area contributed by atoms with Crippen molar-refractivity contribution >= 4 is 49.2 Å². The van der Waals surface area contributed by atoms with E-state index in [2.05, 4.69) is 26.6 Å². The lowest BCUT2D eigenvalue weighted by Crippen LogP contribution is -2.47. The molecule has 3 rings (SSSR count). The molecule has 2 aromatic carbocycles. The van der Waals surface area contributed by atoms with Crippen LogP contribution in [0, 0.1) is 0 Å². The van der Waals surface area contributed by atoms with Crippen LogP contribution in [0.1, 0.15) is 53.2 Å².